The van der Waals surface area contributed by atoms with Gasteiger partial charge in [0.05, 0.1) is 16.7 Å². The van der Waals surface area contributed by atoms with E-state index in [2.05, 4.69) is 5.43 Å². The maximum absolute atomic E-state index is 13.0. The largest absolute Gasteiger partial charge is 0.492 e. The number of nitrogens with one attached hydrogen (secondary N) is 1. The number of fused-ring (bicyclic) bond motifs is 1. The second-order valence-electron chi connectivity index (χ2n) is 9.27. The normalized spacial score (nSPS) is 26.7. The third-order valence-corrected chi connectivity index (χ3v) is 6.88. The van der Waals surface area contributed by atoms with Crippen molar-refractivity contribution in [2.75, 3.05) is 25.3 Å². The minimum absolute atomic E-state index is 0.231. The van der Waals surface area contributed by atoms with Gasteiger partial charge in [-0.05, 0) is 68.4 Å². The molecular formula is C26H26F3N3O5. The van der Waals surface area contributed by atoms with E-state index in [1.54, 1.807) is 23.2 Å². The standard InChI is InChI=1S/C26H26F3N3O5/c1-17-14-20(35-15-22(33)34)10-11-21(17)36-16-24(12-4-3-5-13-24)26-30-32(23(37-26)31(26)2)19-8-6-18(7-9-19)25(27,28)29/h3-12,14,23,30H,13,15-16H2,1-2H3,(H,33,34). The van der Waals surface area contributed by atoms with Gasteiger partial charge in [-0.2, -0.15) is 18.6 Å². The average molecular weight is 518 g/mol. The summed E-state index contributed by atoms with van der Waals surface area (Å²) in [6.07, 6.45) is 3.57. The molecule has 2 N–H and O–H groups in total. The third-order valence-electron chi connectivity index (χ3n) is 6.88. The Bertz CT molecular complexity index is 1250. The smallest absolute Gasteiger partial charge is 0.416 e. The number of carboxylic acid groups (broad SMARTS) is 1. The Morgan fingerprint density at radius 1 is 1.19 bits per heavy atom. The molecule has 0 aromatic heterocycles. The zero-order valence-electron chi connectivity index (χ0n) is 20.2. The van der Waals surface area contributed by atoms with Gasteiger partial charge in [0, 0.05) is 0 Å². The molecule has 1 aliphatic carbocycles. The zero-order valence-corrected chi connectivity index (χ0v) is 20.2. The summed E-state index contributed by atoms with van der Waals surface area (Å²) in [6, 6.07) is 10.0. The van der Waals surface area contributed by atoms with E-state index in [4.69, 9.17) is 19.3 Å². The SMILES string of the molecule is Cc1cc(OCC(=O)O)ccc1OCC1(C23NN(c4ccc(C(F)(F)F)cc4)C(O2)N3C)C=CC=CC1. The number of hydrogen-bond acceptors (Lipinski definition) is 7. The lowest BCUT2D eigenvalue weighted by Crippen LogP contribution is -2.73. The highest BCUT2D eigenvalue weighted by Crippen LogP contribution is 2.54. The van der Waals surface area contributed by atoms with E-state index < -0.39 is 41.9 Å². The number of rotatable bonds is 8. The number of anilines is 1. The Morgan fingerprint density at radius 3 is 2.54 bits per heavy atom. The summed E-state index contributed by atoms with van der Waals surface area (Å²) in [5.74, 6) is -1.01. The van der Waals surface area contributed by atoms with Gasteiger partial charge in [-0.15, -0.1) is 0 Å². The molecular weight excluding hydrogens is 491 g/mol. The zero-order chi connectivity index (χ0) is 26.4. The number of ether oxygens (including phenoxy) is 3. The summed E-state index contributed by atoms with van der Waals surface area (Å²) < 4.78 is 56.9. The Labute approximate surface area is 211 Å². The van der Waals surface area contributed by atoms with Gasteiger partial charge in [0.2, 0.25) is 12.2 Å². The molecule has 0 saturated carbocycles. The first kappa shape index (κ1) is 25.1. The van der Waals surface area contributed by atoms with Crippen molar-refractivity contribution in [1.29, 1.82) is 0 Å². The number of benzene rings is 2. The number of hydrogen-bond donors (Lipinski definition) is 2. The van der Waals surface area contributed by atoms with Crippen LogP contribution < -0.4 is 19.9 Å². The first-order valence-corrected chi connectivity index (χ1v) is 11.6. The predicted molar refractivity (Wildman–Crippen MR) is 128 cm³/mol. The van der Waals surface area contributed by atoms with Crippen molar-refractivity contribution < 1.29 is 37.3 Å². The number of carboxylic acids is 1. The van der Waals surface area contributed by atoms with Gasteiger partial charge >= 0.3 is 12.1 Å². The van der Waals surface area contributed by atoms with Crippen LogP contribution in [-0.2, 0) is 15.7 Å². The molecule has 0 radical (unpaired) electrons. The van der Waals surface area contributed by atoms with E-state index in [0.717, 1.165) is 17.7 Å². The number of halogens is 3. The van der Waals surface area contributed by atoms with Gasteiger partial charge < -0.3 is 19.3 Å². The maximum atomic E-state index is 13.0. The van der Waals surface area contributed by atoms with Crippen LogP contribution in [0.25, 0.3) is 0 Å². The van der Waals surface area contributed by atoms with Crippen molar-refractivity contribution in [3.8, 4) is 11.5 Å². The van der Waals surface area contributed by atoms with Crippen LogP contribution in [0.1, 0.15) is 17.5 Å². The number of carbonyl (C=O) groups is 1. The second-order valence-corrected chi connectivity index (χ2v) is 9.27. The minimum Gasteiger partial charge on any atom is -0.492 e. The van der Waals surface area contributed by atoms with Crippen molar-refractivity contribution in [3.05, 3.63) is 77.9 Å². The van der Waals surface area contributed by atoms with Gasteiger partial charge in [0.25, 0.3) is 0 Å². The van der Waals surface area contributed by atoms with Crippen LogP contribution in [0.2, 0.25) is 0 Å². The van der Waals surface area contributed by atoms with Crippen molar-refractivity contribution in [1.82, 2.24) is 10.3 Å². The summed E-state index contributed by atoms with van der Waals surface area (Å²) in [4.78, 5) is 12.8. The van der Waals surface area contributed by atoms with E-state index >= 15 is 0 Å². The number of nitrogens with zero attached hydrogens (tertiary/aromatic N) is 2. The summed E-state index contributed by atoms with van der Waals surface area (Å²) in [5.41, 5.74) is 3.31. The summed E-state index contributed by atoms with van der Waals surface area (Å²) in [7, 11) is 1.89. The molecule has 2 aromatic carbocycles. The molecule has 6 rings (SSSR count). The number of aliphatic carboxylic acids is 1. The molecule has 196 valence electrons. The quantitative estimate of drug-likeness (QED) is 0.537. The van der Waals surface area contributed by atoms with Crippen molar-refractivity contribution in [2.24, 2.45) is 5.41 Å². The van der Waals surface area contributed by atoms with E-state index in [1.165, 1.54) is 12.1 Å². The molecule has 8 nitrogen and oxygen atoms in total. The fraction of sp³-hybridized carbons (Fsp3) is 0.346. The third kappa shape index (κ3) is 4.32. The van der Waals surface area contributed by atoms with E-state index in [1.807, 2.05) is 43.2 Å². The Hall–Kier alpha value is -3.54. The van der Waals surface area contributed by atoms with E-state index in [9.17, 15) is 18.0 Å². The monoisotopic (exact) mass is 517 g/mol. The molecule has 0 spiro atoms. The first-order valence-electron chi connectivity index (χ1n) is 11.6. The second kappa shape index (κ2) is 9.09. The molecule has 3 atom stereocenters. The van der Waals surface area contributed by atoms with Crippen LogP contribution in [0.15, 0.2) is 66.8 Å². The molecule has 3 fully saturated rings. The Kier molecular flexibility index (Phi) is 6.17. The van der Waals surface area contributed by atoms with Crippen LogP contribution in [0, 0.1) is 12.3 Å². The van der Waals surface area contributed by atoms with Crippen molar-refractivity contribution >= 4 is 11.7 Å². The highest BCUT2D eigenvalue weighted by Gasteiger charge is 2.71. The van der Waals surface area contributed by atoms with Gasteiger partial charge in [-0.3, -0.25) is 5.01 Å². The number of alkyl halides is 3. The number of allylic oxidation sites excluding steroid dienone is 3. The molecule has 0 amide bonds. The fourth-order valence-electron chi connectivity index (χ4n) is 4.90. The molecule has 11 heteroatoms. The van der Waals surface area contributed by atoms with Crippen LogP contribution in [0.5, 0.6) is 11.5 Å². The van der Waals surface area contributed by atoms with Gasteiger partial charge in [-0.1, -0.05) is 24.3 Å². The summed E-state index contributed by atoms with van der Waals surface area (Å²) in [6.45, 7) is 1.63. The van der Waals surface area contributed by atoms with Crippen LogP contribution >= 0.6 is 0 Å². The average Bonchev–Trinajstić information content (AvgIpc) is 3.43. The highest BCUT2D eigenvalue weighted by molar-refractivity contribution is 5.68. The predicted octanol–water partition coefficient (Wildman–Crippen LogP) is 4.28. The lowest BCUT2D eigenvalue weighted by molar-refractivity contribution is -0.348. The maximum Gasteiger partial charge on any atom is 0.416 e. The lowest BCUT2D eigenvalue weighted by atomic mass is 9.75. The molecule has 2 aromatic rings. The number of aryl methyl sites for hydroxylation is 1. The molecule has 37 heavy (non-hydrogen) atoms. The topological polar surface area (TPSA) is 83.5 Å². The molecule has 4 aliphatic rings. The minimum atomic E-state index is -4.41. The van der Waals surface area contributed by atoms with Gasteiger partial charge in [0.15, 0.2) is 6.61 Å². The number of hydrazine groups is 1. The molecule has 3 aliphatic heterocycles. The van der Waals surface area contributed by atoms with Crippen molar-refractivity contribution in [3.63, 3.8) is 0 Å². The van der Waals surface area contributed by atoms with Gasteiger partial charge in [-0.25, -0.2) is 9.69 Å². The summed E-state index contributed by atoms with van der Waals surface area (Å²) >= 11 is 0. The van der Waals surface area contributed by atoms with E-state index in [0.29, 0.717) is 23.6 Å². The fourth-order valence-corrected chi connectivity index (χ4v) is 4.90. The molecule has 3 heterocycles. The van der Waals surface area contributed by atoms with Crippen LogP contribution in [0.3, 0.4) is 0 Å². The first-order chi connectivity index (χ1) is 17.5. The van der Waals surface area contributed by atoms with Crippen LogP contribution in [-0.4, -0.2) is 48.4 Å². The summed E-state index contributed by atoms with van der Waals surface area (Å²) in [5, 5.41) is 10.5. The van der Waals surface area contributed by atoms with E-state index in [-0.39, 0.29) is 6.61 Å². The molecule has 2 bridgehead atoms. The van der Waals surface area contributed by atoms with Gasteiger partial charge in [0.1, 0.15) is 18.1 Å². The highest BCUT2D eigenvalue weighted by atomic mass is 19.4. The Morgan fingerprint density at radius 2 is 1.95 bits per heavy atom. The lowest BCUT2D eigenvalue weighted by Gasteiger charge is -2.55. The van der Waals surface area contributed by atoms with Crippen LogP contribution in [0.4, 0.5) is 18.9 Å². The molecule has 3 saturated heterocycles. The molecule has 3 unspecified atom stereocenters. The van der Waals surface area contributed by atoms with Crippen molar-refractivity contribution in [2.45, 2.75) is 31.7 Å². The Balaban J connectivity index is 1.35.